The van der Waals surface area contributed by atoms with Gasteiger partial charge in [0.1, 0.15) is 0 Å². The van der Waals surface area contributed by atoms with E-state index in [9.17, 15) is 0 Å². The molecule has 0 aromatic heterocycles. The Bertz CT molecular complexity index is 41.5. The van der Waals surface area contributed by atoms with Crippen LogP contribution in [-0.4, -0.2) is 60.2 Å². The molecular weight excluding hydrogens is 130 g/mol. The van der Waals surface area contributed by atoms with E-state index in [1.54, 1.807) is 0 Å². The second kappa shape index (κ2) is 16.1. The molecule has 0 spiro atoms. The predicted molar refractivity (Wildman–Crippen MR) is 24.9 cm³/mol. The largest absolute Gasteiger partial charge is 2.00 e. The van der Waals surface area contributed by atoms with Crippen molar-refractivity contribution in [2.24, 2.45) is 0 Å². The standard InChI is InChI=1S/CH4O.Ca.HNO3.2H/c1-2;;2-1(3)4;;/h2H,1H3;;(H,2,3,4);;/q;+2;;2*-1. The van der Waals surface area contributed by atoms with E-state index in [1.807, 2.05) is 0 Å². The molecule has 0 unspecified atom stereocenters. The van der Waals surface area contributed by atoms with Crippen molar-refractivity contribution in [3.63, 3.8) is 0 Å². The normalized spacial score (nSPS) is 4.29. The molecule has 0 fully saturated rings. The van der Waals surface area contributed by atoms with Crippen molar-refractivity contribution >= 4 is 37.7 Å². The number of nitrogens with zero attached hydrogens (tertiary/aromatic N) is 1. The van der Waals surface area contributed by atoms with Gasteiger partial charge in [-0.05, 0) is 0 Å². The summed E-state index contributed by atoms with van der Waals surface area (Å²) in [5.74, 6) is 0. The molecular formula is CH7CaNO4. The summed E-state index contributed by atoms with van der Waals surface area (Å²) in [7, 11) is 1.00. The summed E-state index contributed by atoms with van der Waals surface area (Å²) in [5.41, 5.74) is 0. The Morgan fingerprint density at radius 3 is 1.71 bits per heavy atom. The minimum absolute atomic E-state index is 0. The molecule has 5 nitrogen and oxygen atoms in total. The second-order valence-electron chi connectivity index (χ2n) is 0.238. The van der Waals surface area contributed by atoms with Crippen molar-refractivity contribution in [1.29, 1.82) is 0 Å². The quantitative estimate of drug-likeness (QED) is 0.257. The van der Waals surface area contributed by atoms with Gasteiger partial charge in [0.25, 0.3) is 5.09 Å². The molecule has 0 saturated heterocycles. The van der Waals surface area contributed by atoms with Crippen LogP contribution in [0.5, 0.6) is 0 Å². The van der Waals surface area contributed by atoms with E-state index < -0.39 is 5.09 Å². The molecule has 0 aromatic carbocycles. The van der Waals surface area contributed by atoms with Crippen LogP contribution in [0.15, 0.2) is 0 Å². The maximum absolute atomic E-state index is 8.36. The maximum Gasteiger partial charge on any atom is 2.00 e. The Balaban J connectivity index is -0.00000000990. The Morgan fingerprint density at radius 1 is 1.71 bits per heavy atom. The second-order valence-corrected chi connectivity index (χ2v) is 0.238. The Labute approximate surface area is 73.0 Å². The molecule has 2 N–H and O–H groups in total. The average Bonchev–Trinajstić information content (AvgIpc) is 1.41. The summed E-state index contributed by atoms with van der Waals surface area (Å²) in [4.78, 5) is 8.36. The van der Waals surface area contributed by atoms with Gasteiger partial charge >= 0.3 is 37.7 Å². The van der Waals surface area contributed by atoms with Gasteiger partial charge in [0.2, 0.25) is 0 Å². The molecule has 0 amide bonds. The minimum atomic E-state index is -1.50. The number of hydrogen-bond donors (Lipinski definition) is 2. The van der Waals surface area contributed by atoms with Crippen LogP contribution < -0.4 is 0 Å². The zero-order valence-corrected chi connectivity index (χ0v) is 6.07. The van der Waals surface area contributed by atoms with Gasteiger partial charge in [-0.3, -0.25) is 0 Å². The number of aliphatic hydroxyl groups excluding tert-OH is 1. The first-order chi connectivity index (χ1) is 2.73. The van der Waals surface area contributed by atoms with Gasteiger partial charge in [-0.1, -0.05) is 0 Å². The van der Waals surface area contributed by atoms with Crippen LogP contribution in [0.3, 0.4) is 0 Å². The number of hydrogen-bond acceptors (Lipinski definition) is 3. The third kappa shape index (κ3) is 712. The summed E-state index contributed by atoms with van der Waals surface area (Å²) in [6.07, 6.45) is 0. The molecule has 0 aliphatic rings. The molecule has 0 aliphatic heterocycles. The molecule has 0 atom stereocenters. The van der Waals surface area contributed by atoms with Crippen LogP contribution >= 0.6 is 0 Å². The van der Waals surface area contributed by atoms with Crippen molar-refractivity contribution in [2.75, 3.05) is 7.11 Å². The van der Waals surface area contributed by atoms with Crippen molar-refractivity contribution in [3.05, 3.63) is 10.1 Å². The van der Waals surface area contributed by atoms with Crippen LogP contribution in [0.4, 0.5) is 0 Å². The molecule has 7 heavy (non-hydrogen) atoms. The Morgan fingerprint density at radius 2 is 1.71 bits per heavy atom. The van der Waals surface area contributed by atoms with Crippen LogP contribution in [0, 0.1) is 10.1 Å². The molecule has 0 bridgehead atoms. The zero-order chi connectivity index (χ0) is 5.58. The van der Waals surface area contributed by atoms with E-state index in [4.69, 9.17) is 20.4 Å². The smallest absolute Gasteiger partial charge is 1.00 e. The predicted octanol–water partition coefficient (Wildman–Crippen LogP) is -0.895. The van der Waals surface area contributed by atoms with Gasteiger partial charge in [0.05, 0.1) is 0 Å². The van der Waals surface area contributed by atoms with E-state index in [2.05, 4.69) is 0 Å². The average molecular weight is 137 g/mol. The van der Waals surface area contributed by atoms with E-state index >= 15 is 0 Å². The van der Waals surface area contributed by atoms with E-state index in [-0.39, 0.29) is 40.6 Å². The fraction of sp³-hybridized carbons (Fsp3) is 1.00. The molecule has 0 aromatic rings. The van der Waals surface area contributed by atoms with Crippen LogP contribution in [-0.2, 0) is 0 Å². The summed E-state index contributed by atoms with van der Waals surface area (Å²) in [6, 6.07) is 0. The molecule has 42 valence electrons. The topological polar surface area (TPSA) is 83.6 Å². The van der Waals surface area contributed by atoms with Gasteiger partial charge in [0, 0.05) is 7.11 Å². The summed E-state index contributed by atoms with van der Waals surface area (Å²) < 4.78 is 0. The van der Waals surface area contributed by atoms with E-state index in [0.29, 0.717) is 0 Å². The van der Waals surface area contributed by atoms with E-state index in [1.165, 1.54) is 0 Å². The maximum atomic E-state index is 8.36. The van der Waals surface area contributed by atoms with Gasteiger partial charge in [-0.15, -0.1) is 10.1 Å². The number of rotatable bonds is 0. The molecule has 0 heterocycles. The molecule has 0 radical (unpaired) electrons. The van der Waals surface area contributed by atoms with Gasteiger partial charge in [-0.25, -0.2) is 0 Å². The Kier molecular flexibility index (Phi) is 36.1. The SMILES string of the molecule is CO.O=[N+]([O-])O.[Ca+2].[H-].[H-]. The van der Waals surface area contributed by atoms with Crippen molar-refractivity contribution < 1.29 is 18.3 Å². The van der Waals surface area contributed by atoms with Crippen LogP contribution in [0.25, 0.3) is 0 Å². The molecule has 0 rings (SSSR count). The van der Waals surface area contributed by atoms with Gasteiger partial charge in [0.15, 0.2) is 0 Å². The van der Waals surface area contributed by atoms with Gasteiger partial charge < -0.3 is 13.2 Å². The zero-order valence-electron chi connectivity index (χ0n) is 5.87. The fourth-order valence-electron chi connectivity index (χ4n) is 0. The summed E-state index contributed by atoms with van der Waals surface area (Å²) in [5, 5.41) is 20.6. The third-order valence-electron chi connectivity index (χ3n) is 0. The first kappa shape index (κ1) is 15.7. The first-order valence-electron chi connectivity index (χ1n) is 1.01. The first-order valence-corrected chi connectivity index (χ1v) is 1.01. The van der Waals surface area contributed by atoms with Crippen molar-refractivity contribution in [3.8, 4) is 0 Å². The fourth-order valence-corrected chi connectivity index (χ4v) is 0. The summed E-state index contributed by atoms with van der Waals surface area (Å²) in [6.45, 7) is 0. The Hall–Kier alpha value is 0.420. The molecule has 0 aliphatic carbocycles. The van der Waals surface area contributed by atoms with Crippen LogP contribution in [0.1, 0.15) is 2.85 Å². The third-order valence-corrected chi connectivity index (χ3v) is 0. The monoisotopic (exact) mass is 137 g/mol. The number of aliphatic hydroxyl groups is 1. The molecule has 6 heteroatoms. The summed E-state index contributed by atoms with van der Waals surface area (Å²) >= 11 is 0. The minimum Gasteiger partial charge on any atom is -1.00 e. The van der Waals surface area contributed by atoms with E-state index in [0.717, 1.165) is 7.11 Å². The molecule has 0 saturated carbocycles. The van der Waals surface area contributed by atoms with Gasteiger partial charge in [-0.2, -0.15) is 0 Å². The van der Waals surface area contributed by atoms with Crippen molar-refractivity contribution in [2.45, 2.75) is 0 Å². The van der Waals surface area contributed by atoms with Crippen molar-refractivity contribution in [1.82, 2.24) is 0 Å². The van der Waals surface area contributed by atoms with Crippen LogP contribution in [0.2, 0.25) is 0 Å².